The highest BCUT2D eigenvalue weighted by atomic mass is 16.6. The standard InChI is InChI=1S/C59H100O5/c1-4-7-10-13-16-19-22-25-28-30-32-35-38-41-44-47-50-53-59(61)64-56-57(62-54-51-48-45-42-39-36-33-29-26-23-20-17-14-11-8-5-2)55-63-58(60)52-49-46-43-40-37-34-31-27-24-21-18-15-12-9-6-3/h7,9-10,12,16,18-19,21,25,27-28,31-32,35,37,40,57H,4-6,8,11,13-15,17,20,22-24,26,29-30,33-34,36,38-39,41-56H2,1-3H3/b10-7-,12-9-,19-16-,21-18-,28-25-,31-27-,35-32-,40-37-/t57-/m0/s1. The van der Waals surface area contributed by atoms with Gasteiger partial charge in [0, 0.05) is 19.4 Å². The van der Waals surface area contributed by atoms with E-state index in [-0.39, 0.29) is 25.2 Å². The molecule has 366 valence electrons. The first-order valence-electron chi connectivity index (χ1n) is 26.8. The van der Waals surface area contributed by atoms with E-state index in [4.69, 9.17) is 14.2 Å². The molecular weight excluding hydrogens is 789 g/mol. The minimum atomic E-state index is -0.431. The summed E-state index contributed by atoms with van der Waals surface area (Å²) in [5, 5.41) is 0. The molecule has 0 radical (unpaired) electrons. The fourth-order valence-corrected chi connectivity index (χ4v) is 7.17. The lowest BCUT2D eigenvalue weighted by Gasteiger charge is -2.18. The molecule has 5 heteroatoms. The van der Waals surface area contributed by atoms with Gasteiger partial charge in [0.15, 0.2) is 0 Å². The number of hydrogen-bond acceptors (Lipinski definition) is 5. The van der Waals surface area contributed by atoms with Crippen LogP contribution < -0.4 is 0 Å². The Balaban J connectivity index is 4.37. The van der Waals surface area contributed by atoms with Crippen molar-refractivity contribution in [1.29, 1.82) is 0 Å². The molecule has 0 saturated carbocycles. The molecule has 0 aromatic rings. The zero-order valence-corrected chi connectivity index (χ0v) is 42.0. The molecule has 64 heavy (non-hydrogen) atoms. The number of carbonyl (C=O) groups is 2. The van der Waals surface area contributed by atoms with E-state index in [2.05, 4.69) is 118 Å². The number of unbranched alkanes of at least 4 members (excludes halogenated alkanes) is 21. The Morgan fingerprint density at radius 3 is 1.03 bits per heavy atom. The highest BCUT2D eigenvalue weighted by Gasteiger charge is 2.16. The van der Waals surface area contributed by atoms with Gasteiger partial charge in [-0.25, -0.2) is 0 Å². The van der Waals surface area contributed by atoms with Gasteiger partial charge in [0.25, 0.3) is 0 Å². The van der Waals surface area contributed by atoms with Crippen LogP contribution in [0, 0.1) is 0 Å². The molecule has 0 unspecified atom stereocenters. The largest absolute Gasteiger partial charge is 0.463 e. The van der Waals surface area contributed by atoms with Crippen molar-refractivity contribution < 1.29 is 23.8 Å². The van der Waals surface area contributed by atoms with Gasteiger partial charge in [-0.15, -0.1) is 0 Å². The Hall–Kier alpha value is -3.18. The van der Waals surface area contributed by atoms with Crippen molar-refractivity contribution >= 4 is 11.9 Å². The molecule has 0 heterocycles. The van der Waals surface area contributed by atoms with Gasteiger partial charge in [-0.2, -0.15) is 0 Å². The number of carbonyl (C=O) groups excluding carboxylic acids is 2. The zero-order valence-electron chi connectivity index (χ0n) is 42.0. The van der Waals surface area contributed by atoms with Crippen LogP contribution in [-0.2, 0) is 23.8 Å². The number of rotatable bonds is 48. The van der Waals surface area contributed by atoms with Gasteiger partial charge in [0.2, 0.25) is 0 Å². The smallest absolute Gasteiger partial charge is 0.305 e. The van der Waals surface area contributed by atoms with Crippen LogP contribution >= 0.6 is 0 Å². The molecule has 0 aromatic carbocycles. The maximum absolute atomic E-state index is 12.6. The molecule has 5 nitrogen and oxygen atoms in total. The van der Waals surface area contributed by atoms with Gasteiger partial charge in [0.05, 0.1) is 0 Å². The van der Waals surface area contributed by atoms with E-state index in [1.807, 2.05) is 0 Å². The lowest BCUT2D eigenvalue weighted by atomic mass is 10.0. The molecule has 0 aliphatic carbocycles. The Kier molecular flexibility index (Phi) is 51.5. The van der Waals surface area contributed by atoms with Gasteiger partial charge in [-0.1, -0.05) is 227 Å². The van der Waals surface area contributed by atoms with Crippen molar-refractivity contribution in [2.24, 2.45) is 0 Å². The first kappa shape index (κ1) is 60.8. The first-order valence-corrected chi connectivity index (χ1v) is 26.8. The van der Waals surface area contributed by atoms with E-state index in [0.29, 0.717) is 19.4 Å². The monoisotopic (exact) mass is 889 g/mol. The van der Waals surface area contributed by atoms with Gasteiger partial charge in [0.1, 0.15) is 19.3 Å². The van der Waals surface area contributed by atoms with Crippen LogP contribution in [0.1, 0.15) is 239 Å². The van der Waals surface area contributed by atoms with Crippen LogP contribution in [0.3, 0.4) is 0 Å². The topological polar surface area (TPSA) is 61.8 Å². The fraction of sp³-hybridized carbons (Fsp3) is 0.695. The SMILES string of the molecule is CC/C=C\C/C=C\C/C=C\C/C=C\CCCCCCC(=O)OC[C@H](COC(=O)CCCC/C=C\C/C=C\C/C=C\C/C=C\CC)OCCCCCCCCCCCCCCCCCC. The number of ether oxygens (including phenoxy) is 3. The van der Waals surface area contributed by atoms with Crippen LogP contribution in [0.4, 0.5) is 0 Å². The molecular formula is C59H100O5. The fourth-order valence-electron chi connectivity index (χ4n) is 7.17. The Labute approximate surface area is 396 Å². The highest BCUT2D eigenvalue weighted by Crippen LogP contribution is 2.15. The minimum Gasteiger partial charge on any atom is -0.463 e. The van der Waals surface area contributed by atoms with Crippen LogP contribution in [-0.4, -0.2) is 37.9 Å². The summed E-state index contributed by atoms with van der Waals surface area (Å²) in [4.78, 5) is 25.2. The molecule has 0 fully saturated rings. The average molecular weight is 889 g/mol. The molecule has 0 aromatic heterocycles. The number of hydrogen-bond donors (Lipinski definition) is 0. The third-order valence-corrected chi connectivity index (χ3v) is 11.2. The molecule has 0 spiro atoms. The second-order valence-corrected chi connectivity index (χ2v) is 17.4. The van der Waals surface area contributed by atoms with Gasteiger partial charge in [-0.05, 0) is 96.3 Å². The predicted molar refractivity (Wildman–Crippen MR) is 279 cm³/mol. The van der Waals surface area contributed by atoms with Crippen LogP contribution in [0.25, 0.3) is 0 Å². The van der Waals surface area contributed by atoms with Crippen molar-refractivity contribution in [3.8, 4) is 0 Å². The lowest BCUT2D eigenvalue weighted by Crippen LogP contribution is -2.29. The molecule has 0 bridgehead atoms. The summed E-state index contributed by atoms with van der Waals surface area (Å²) >= 11 is 0. The predicted octanol–water partition coefficient (Wildman–Crippen LogP) is 18.2. The number of esters is 2. The Bertz CT molecular complexity index is 1230. The third kappa shape index (κ3) is 51.5. The van der Waals surface area contributed by atoms with Crippen molar-refractivity contribution in [2.45, 2.75) is 245 Å². The van der Waals surface area contributed by atoms with Crippen molar-refractivity contribution in [3.63, 3.8) is 0 Å². The van der Waals surface area contributed by atoms with Crippen molar-refractivity contribution in [3.05, 3.63) is 97.2 Å². The number of allylic oxidation sites excluding steroid dienone is 16. The second-order valence-electron chi connectivity index (χ2n) is 17.4. The van der Waals surface area contributed by atoms with Crippen molar-refractivity contribution in [2.75, 3.05) is 19.8 Å². The van der Waals surface area contributed by atoms with Crippen molar-refractivity contribution in [1.82, 2.24) is 0 Å². The minimum absolute atomic E-state index is 0.124. The van der Waals surface area contributed by atoms with E-state index < -0.39 is 6.10 Å². The van der Waals surface area contributed by atoms with E-state index in [9.17, 15) is 9.59 Å². The molecule has 0 amide bonds. The Morgan fingerprint density at radius 2 is 0.641 bits per heavy atom. The van der Waals surface area contributed by atoms with E-state index in [0.717, 1.165) is 116 Å². The third-order valence-electron chi connectivity index (χ3n) is 11.2. The summed E-state index contributed by atoms with van der Waals surface area (Å²) in [6.07, 6.45) is 73.0. The molecule has 0 rings (SSSR count). The van der Waals surface area contributed by atoms with E-state index in [1.54, 1.807) is 0 Å². The second kappa shape index (κ2) is 54.2. The summed E-state index contributed by atoms with van der Waals surface area (Å²) in [5.74, 6) is -0.408. The average Bonchev–Trinajstić information content (AvgIpc) is 3.30. The summed E-state index contributed by atoms with van der Waals surface area (Å²) < 4.78 is 17.4. The Morgan fingerprint density at radius 1 is 0.344 bits per heavy atom. The first-order chi connectivity index (χ1) is 31.6. The molecule has 0 aliphatic rings. The summed E-state index contributed by atoms with van der Waals surface area (Å²) in [7, 11) is 0. The van der Waals surface area contributed by atoms with Crippen LogP contribution in [0.15, 0.2) is 97.2 Å². The molecule has 0 N–H and O–H groups in total. The van der Waals surface area contributed by atoms with Gasteiger partial charge < -0.3 is 14.2 Å². The zero-order chi connectivity index (χ0) is 46.3. The van der Waals surface area contributed by atoms with E-state index >= 15 is 0 Å². The van der Waals surface area contributed by atoms with Gasteiger partial charge >= 0.3 is 11.9 Å². The molecule has 0 aliphatic heterocycles. The summed E-state index contributed by atoms with van der Waals surface area (Å²) in [6, 6.07) is 0. The summed E-state index contributed by atoms with van der Waals surface area (Å²) in [5.41, 5.74) is 0. The van der Waals surface area contributed by atoms with Crippen LogP contribution in [0.2, 0.25) is 0 Å². The normalized spacial score (nSPS) is 13.0. The van der Waals surface area contributed by atoms with Crippen LogP contribution in [0.5, 0.6) is 0 Å². The van der Waals surface area contributed by atoms with E-state index in [1.165, 1.54) is 89.9 Å². The highest BCUT2D eigenvalue weighted by molar-refractivity contribution is 5.69. The maximum atomic E-state index is 12.6. The summed E-state index contributed by atoms with van der Waals surface area (Å²) in [6.45, 7) is 7.44. The maximum Gasteiger partial charge on any atom is 0.305 e. The van der Waals surface area contributed by atoms with Gasteiger partial charge in [-0.3, -0.25) is 9.59 Å². The molecule has 1 atom stereocenters. The molecule has 0 saturated heterocycles. The lowest BCUT2D eigenvalue weighted by molar-refractivity contribution is -0.155. The quantitative estimate of drug-likeness (QED) is 0.0346.